The van der Waals surface area contributed by atoms with Crippen molar-refractivity contribution in [2.75, 3.05) is 0 Å². The number of nitrogens with zero attached hydrogens (tertiary/aromatic N) is 2. The molecule has 2 aromatic heterocycles. The molecule has 0 radical (unpaired) electrons. The second-order valence-electron chi connectivity index (χ2n) is 10.8. The smallest absolute Gasteiger partial charge is 0.229 e. The van der Waals surface area contributed by atoms with Crippen LogP contribution >= 0.6 is 0 Å². The number of benzene rings is 3. The van der Waals surface area contributed by atoms with Crippen molar-refractivity contribution in [2.24, 2.45) is 18.9 Å². The van der Waals surface area contributed by atoms with Crippen LogP contribution in [0.15, 0.2) is 60.7 Å². The third-order valence-electron chi connectivity index (χ3n) is 7.26. The van der Waals surface area contributed by atoms with Gasteiger partial charge in [-0.05, 0) is 54.4 Å². The highest BCUT2D eigenvalue weighted by Gasteiger charge is 2.30. The molecule has 2 heteroatoms. The highest BCUT2D eigenvalue weighted by Crippen LogP contribution is 2.36. The zero-order valence-corrected chi connectivity index (χ0v) is 21.7. The molecule has 0 aliphatic rings. The number of aromatic nitrogens is 2. The second kappa shape index (κ2) is 8.58. The molecule has 0 atom stereocenters. The summed E-state index contributed by atoms with van der Waals surface area (Å²) in [5.74, 6) is 1.21. The lowest BCUT2D eigenvalue weighted by molar-refractivity contribution is -0.467. The Kier molecular flexibility index (Phi) is 5.72. The standard InChI is InChI=1S/C32H37N2/c1-20(2)18-24-13-11-14-25(19-21(3)4)30(24)31-23(6)33(7)32-29-22(5)12-10-16-27(29)26-15-8-9-17-28(26)34(31)32/h8-17,20-21H,18-19H2,1-7H3/q+1. The Bertz CT molecular complexity index is 1500. The molecule has 0 amide bonds. The quantitative estimate of drug-likeness (QED) is 0.192. The highest BCUT2D eigenvalue weighted by atomic mass is 15.1. The van der Waals surface area contributed by atoms with Gasteiger partial charge in [0.05, 0.1) is 12.4 Å². The van der Waals surface area contributed by atoms with E-state index in [4.69, 9.17) is 0 Å². The zero-order chi connectivity index (χ0) is 24.1. The fourth-order valence-electron chi connectivity index (χ4n) is 5.80. The minimum Gasteiger partial charge on any atom is -0.229 e. The van der Waals surface area contributed by atoms with Gasteiger partial charge < -0.3 is 0 Å². The molecule has 0 spiro atoms. The fraction of sp³-hybridized carbons (Fsp3) is 0.344. The van der Waals surface area contributed by atoms with Crippen LogP contribution in [0, 0.1) is 25.7 Å². The van der Waals surface area contributed by atoms with Crippen molar-refractivity contribution in [3.8, 4) is 11.3 Å². The lowest BCUT2D eigenvalue weighted by atomic mass is 9.88. The normalized spacial score (nSPS) is 12.1. The van der Waals surface area contributed by atoms with Gasteiger partial charge in [-0.15, -0.1) is 0 Å². The lowest BCUT2D eigenvalue weighted by Crippen LogP contribution is -2.26. The van der Waals surface area contributed by atoms with Gasteiger partial charge in [-0.3, -0.25) is 0 Å². The molecule has 174 valence electrons. The summed E-state index contributed by atoms with van der Waals surface area (Å²) in [5.41, 5.74) is 10.9. The number of para-hydroxylation sites is 1. The molecule has 34 heavy (non-hydrogen) atoms. The summed E-state index contributed by atoms with van der Waals surface area (Å²) in [6, 6.07) is 22.6. The Hall–Kier alpha value is -3.13. The van der Waals surface area contributed by atoms with Crippen LogP contribution in [-0.4, -0.2) is 4.57 Å². The van der Waals surface area contributed by atoms with Crippen LogP contribution in [0.25, 0.3) is 38.6 Å². The molecule has 0 N–H and O–H groups in total. The van der Waals surface area contributed by atoms with Gasteiger partial charge in [-0.25, -0.2) is 4.57 Å². The van der Waals surface area contributed by atoms with E-state index in [1.165, 1.54) is 61.0 Å². The van der Waals surface area contributed by atoms with E-state index in [0.717, 1.165) is 12.8 Å². The number of fused-ring (bicyclic) bond motifs is 6. The van der Waals surface area contributed by atoms with Gasteiger partial charge in [0.2, 0.25) is 0 Å². The van der Waals surface area contributed by atoms with E-state index >= 15 is 0 Å². The Balaban J connectivity index is 2.03. The number of aryl methyl sites for hydroxylation is 2. The van der Waals surface area contributed by atoms with Crippen LogP contribution in [0.3, 0.4) is 0 Å². The van der Waals surface area contributed by atoms with Crippen LogP contribution in [0.1, 0.15) is 50.1 Å². The van der Waals surface area contributed by atoms with Crippen molar-refractivity contribution in [3.63, 3.8) is 0 Å². The average Bonchev–Trinajstić information content (AvgIpc) is 3.04. The van der Waals surface area contributed by atoms with Crippen LogP contribution in [0.4, 0.5) is 0 Å². The third-order valence-corrected chi connectivity index (χ3v) is 7.26. The first-order chi connectivity index (χ1) is 16.3. The average molecular weight is 450 g/mol. The van der Waals surface area contributed by atoms with Crippen molar-refractivity contribution in [2.45, 2.75) is 54.4 Å². The van der Waals surface area contributed by atoms with Gasteiger partial charge in [0.25, 0.3) is 5.65 Å². The van der Waals surface area contributed by atoms with Crippen LogP contribution in [-0.2, 0) is 19.9 Å². The largest absolute Gasteiger partial charge is 0.295 e. The summed E-state index contributed by atoms with van der Waals surface area (Å²) in [6.07, 6.45) is 2.17. The van der Waals surface area contributed by atoms with Crippen molar-refractivity contribution in [1.82, 2.24) is 4.57 Å². The number of imidazole rings is 1. The van der Waals surface area contributed by atoms with E-state index in [1.54, 1.807) is 0 Å². The molecule has 5 rings (SSSR count). The summed E-state index contributed by atoms with van der Waals surface area (Å²) in [7, 11) is 2.24. The molecule has 0 unspecified atom stereocenters. The fourth-order valence-corrected chi connectivity index (χ4v) is 5.80. The minimum atomic E-state index is 0.605. The molecule has 0 saturated heterocycles. The number of hydrogen-bond donors (Lipinski definition) is 0. The van der Waals surface area contributed by atoms with Crippen LogP contribution in [0.5, 0.6) is 0 Å². The lowest BCUT2D eigenvalue weighted by Gasteiger charge is -2.17. The number of pyridine rings is 1. The predicted octanol–water partition coefficient (Wildman–Crippen LogP) is 7.75. The first kappa shape index (κ1) is 22.7. The number of hydrogen-bond acceptors (Lipinski definition) is 0. The molecular formula is C32H37N2+. The Labute approximate surface area is 203 Å². The molecule has 3 aromatic carbocycles. The van der Waals surface area contributed by atoms with E-state index in [9.17, 15) is 0 Å². The zero-order valence-electron chi connectivity index (χ0n) is 21.7. The molecule has 2 nitrogen and oxygen atoms in total. The SMILES string of the molecule is Cc1cccc2c3ccccc3[n+]3c(-c4c(CC(C)C)cccc4CC(C)C)c(C)n(C)c3c12. The summed E-state index contributed by atoms with van der Waals surface area (Å²) in [6.45, 7) is 13.9. The van der Waals surface area contributed by atoms with E-state index < -0.39 is 0 Å². The molecule has 0 aliphatic heterocycles. The Morgan fingerprint density at radius 1 is 0.735 bits per heavy atom. The van der Waals surface area contributed by atoms with Crippen LogP contribution in [0.2, 0.25) is 0 Å². The van der Waals surface area contributed by atoms with Gasteiger partial charge in [-0.1, -0.05) is 82.3 Å². The molecule has 0 aliphatic carbocycles. The van der Waals surface area contributed by atoms with Gasteiger partial charge in [0.15, 0.2) is 5.69 Å². The maximum atomic E-state index is 2.56. The topological polar surface area (TPSA) is 9.03 Å². The van der Waals surface area contributed by atoms with Crippen LogP contribution < -0.4 is 4.40 Å². The monoisotopic (exact) mass is 449 g/mol. The summed E-state index contributed by atoms with van der Waals surface area (Å²) < 4.78 is 4.98. The molecule has 2 heterocycles. The molecular weight excluding hydrogens is 412 g/mol. The second-order valence-corrected chi connectivity index (χ2v) is 10.8. The third kappa shape index (κ3) is 3.52. The first-order valence-electron chi connectivity index (χ1n) is 12.7. The van der Waals surface area contributed by atoms with E-state index in [2.05, 4.69) is 118 Å². The first-order valence-corrected chi connectivity index (χ1v) is 12.7. The van der Waals surface area contributed by atoms with E-state index in [-0.39, 0.29) is 0 Å². The Morgan fingerprint density at radius 2 is 1.32 bits per heavy atom. The Morgan fingerprint density at radius 3 is 1.97 bits per heavy atom. The van der Waals surface area contributed by atoms with Gasteiger partial charge in [0, 0.05) is 23.3 Å². The van der Waals surface area contributed by atoms with Crippen molar-refractivity contribution < 1.29 is 4.40 Å². The highest BCUT2D eigenvalue weighted by molar-refractivity contribution is 6.10. The van der Waals surface area contributed by atoms with E-state index in [0.29, 0.717) is 11.8 Å². The predicted molar refractivity (Wildman–Crippen MR) is 146 cm³/mol. The molecule has 0 fully saturated rings. The molecule has 0 bridgehead atoms. The van der Waals surface area contributed by atoms with Gasteiger partial charge in [0.1, 0.15) is 11.2 Å². The minimum absolute atomic E-state index is 0.605. The summed E-state index contributed by atoms with van der Waals surface area (Å²) in [5, 5.41) is 4.00. The van der Waals surface area contributed by atoms with Gasteiger partial charge in [-0.2, -0.15) is 4.40 Å². The maximum Gasteiger partial charge on any atom is 0.295 e. The van der Waals surface area contributed by atoms with Crippen molar-refractivity contribution in [1.29, 1.82) is 0 Å². The maximum absolute atomic E-state index is 2.56. The molecule has 5 aromatic rings. The van der Waals surface area contributed by atoms with Gasteiger partial charge >= 0.3 is 0 Å². The summed E-state index contributed by atoms with van der Waals surface area (Å²) in [4.78, 5) is 0. The summed E-state index contributed by atoms with van der Waals surface area (Å²) >= 11 is 0. The molecule has 0 saturated carbocycles. The van der Waals surface area contributed by atoms with Crippen molar-refractivity contribution in [3.05, 3.63) is 83.0 Å². The van der Waals surface area contributed by atoms with Crippen molar-refractivity contribution >= 4 is 27.3 Å². The number of rotatable bonds is 5. The van der Waals surface area contributed by atoms with E-state index in [1.807, 2.05) is 0 Å².